The summed E-state index contributed by atoms with van der Waals surface area (Å²) in [5, 5.41) is 33.6. The molecular weight excluding hydrogens is 318 g/mol. The van der Waals surface area contributed by atoms with Gasteiger partial charge >= 0.3 is 5.69 Å². The molecule has 116 valence electrons. The van der Waals surface area contributed by atoms with Crippen molar-refractivity contribution in [2.75, 3.05) is 6.54 Å². The van der Waals surface area contributed by atoms with Gasteiger partial charge in [-0.2, -0.15) is 0 Å². The molecule has 9 nitrogen and oxygen atoms in total. The highest BCUT2D eigenvalue weighted by molar-refractivity contribution is 6.32. The molecule has 0 aliphatic heterocycles. The Labute approximate surface area is 128 Å². The maximum atomic E-state index is 11.8. The molecule has 0 spiro atoms. The second-order valence-electron chi connectivity index (χ2n) is 4.25. The fraction of sp³-hybridized carbons (Fsp3) is 0.167. The van der Waals surface area contributed by atoms with Crippen molar-refractivity contribution in [3.63, 3.8) is 0 Å². The van der Waals surface area contributed by atoms with E-state index >= 15 is 0 Å². The number of aromatic nitrogens is 1. The lowest BCUT2D eigenvalue weighted by Gasteiger charge is -2.03. The number of phenolic OH excluding ortho intramolecular Hbond substituents is 2. The molecule has 0 bridgehead atoms. The van der Waals surface area contributed by atoms with Crippen LogP contribution in [0.4, 0.5) is 5.69 Å². The SMILES string of the molecule is NCCC(=O)c1noc(-c2cc(Cl)c(O)cc2O)c1[N+](=O)[O-]. The van der Waals surface area contributed by atoms with Gasteiger partial charge in [0.1, 0.15) is 11.5 Å². The first-order valence-corrected chi connectivity index (χ1v) is 6.33. The van der Waals surface area contributed by atoms with E-state index in [4.69, 9.17) is 21.9 Å². The quantitative estimate of drug-likeness (QED) is 0.427. The van der Waals surface area contributed by atoms with E-state index in [2.05, 4.69) is 5.16 Å². The molecule has 1 aromatic carbocycles. The van der Waals surface area contributed by atoms with Gasteiger partial charge in [-0.25, -0.2) is 0 Å². The van der Waals surface area contributed by atoms with Crippen molar-refractivity contribution in [1.29, 1.82) is 0 Å². The highest BCUT2D eigenvalue weighted by Gasteiger charge is 2.33. The van der Waals surface area contributed by atoms with Crippen molar-refractivity contribution in [3.05, 3.63) is 33.0 Å². The topological polar surface area (TPSA) is 153 Å². The minimum absolute atomic E-state index is 0.00549. The van der Waals surface area contributed by atoms with Gasteiger partial charge in [-0.05, 0) is 12.6 Å². The number of Topliss-reactive ketones (excluding diaryl/α,β-unsaturated/α-hetero) is 1. The van der Waals surface area contributed by atoms with E-state index in [1.165, 1.54) is 0 Å². The van der Waals surface area contributed by atoms with Crippen molar-refractivity contribution < 1.29 is 24.5 Å². The summed E-state index contributed by atoms with van der Waals surface area (Å²) >= 11 is 5.71. The number of carbonyl (C=O) groups is 1. The maximum Gasteiger partial charge on any atom is 0.347 e. The molecule has 0 amide bonds. The zero-order valence-corrected chi connectivity index (χ0v) is 11.7. The summed E-state index contributed by atoms with van der Waals surface area (Å²) in [5.74, 6) is -2.03. The van der Waals surface area contributed by atoms with Crippen LogP contribution in [0.25, 0.3) is 11.3 Å². The van der Waals surface area contributed by atoms with E-state index in [-0.39, 0.29) is 23.6 Å². The van der Waals surface area contributed by atoms with Crippen molar-refractivity contribution in [1.82, 2.24) is 5.16 Å². The molecule has 1 aromatic heterocycles. The summed E-state index contributed by atoms with van der Waals surface area (Å²) in [6, 6.07) is 1.96. The molecule has 0 unspecified atom stereocenters. The summed E-state index contributed by atoms with van der Waals surface area (Å²) in [6.07, 6.45) is -0.144. The third kappa shape index (κ3) is 2.71. The molecule has 22 heavy (non-hydrogen) atoms. The van der Waals surface area contributed by atoms with Gasteiger partial charge in [0.2, 0.25) is 11.5 Å². The Hall–Kier alpha value is -2.65. The Morgan fingerprint density at radius 2 is 2.09 bits per heavy atom. The summed E-state index contributed by atoms with van der Waals surface area (Å²) < 4.78 is 4.83. The second kappa shape index (κ2) is 6.00. The highest BCUT2D eigenvalue weighted by Crippen LogP contribution is 2.42. The number of halogens is 1. The van der Waals surface area contributed by atoms with Crippen LogP contribution in [0, 0.1) is 10.1 Å². The lowest BCUT2D eigenvalue weighted by atomic mass is 10.1. The van der Waals surface area contributed by atoms with E-state index in [0.717, 1.165) is 12.1 Å². The van der Waals surface area contributed by atoms with Crippen LogP contribution in [0.3, 0.4) is 0 Å². The molecule has 2 rings (SSSR count). The van der Waals surface area contributed by atoms with Gasteiger partial charge in [0.25, 0.3) is 0 Å². The van der Waals surface area contributed by atoms with E-state index < -0.39 is 39.3 Å². The van der Waals surface area contributed by atoms with Gasteiger partial charge in [-0.3, -0.25) is 14.9 Å². The number of benzene rings is 1. The predicted octanol–water partition coefficient (Wildman–Crippen LogP) is 1.85. The number of aromatic hydroxyl groups is 2. The Balaban J connectivity index is 2.64. The zero-order chi connectivity index (χ0) is 16.4. The minimum Gasteiger partial charge on any atom is -0.507 e. The first-order valence-electron chi connectivity index (χ1n) is 5.96. The molecule has 2 aromatic rings. The fourth-order valence-electron chi connectivity index (χ4n) is 1.80. The summed E-state index contributed by atoms with van der Waals surface area (Å²) in [5.41, 5.74) is 3.87. The molecule has 10 heteroatoms. The Morgan fingerprint density at radius 3 is 2.68 bits per heavy atom. The molecule has 0 saturated heterocycles. The van der Waals surface area contributed by atoms with Gasteiger partial charge in [-0.15, -0.1) is 0 Å². The highest BCUT2D eigenvalue weighted by atomic mass is 35.5. The van der Waals surface area contributed by atoms with Crippen molar-refractivity contribution in [3.8, 4) is 22.8 Å². The fourth-order valence-corrected chi connectivity index (χ4v) is 1.96. The standard InChI is InChI=1S/C12H10ClN3O6/c13-6-3-5(8(18)4-9(6)19)12-11(16(20)21)10(15-22-12)7(17)1-2-14/h3-4,18-19H,1-2,14H2. The summed E-state index contributed by atoms with van der Waals surface area (Å²) in [7, 11) is 0. The molecule has 4 N–H and O–H groups in total. The third-order valence-electron chi connectivity index (χ3n) is 2.80. The Bertz CT molecular complexity index is 758. The number of hydrogen-bond acceptors (Lipinski definition) is 8. The minimum atomic E-state index is -0.851. The lowest BCUT2D eigenvalue weighted by molar-refractivity contribution is -0.384. The molecule has 0 fully saturated rings. The smallest absolute Gasteiger partial charge is 0.347 e. The lowest BCUT2D eigenvalue weighted by Crippen LogP contribution is -2.10. The number of phenols is 2. The maximum absolute atomic E-state index is 11.8. The van der Waals surface area contributed by atoms with Crippen LogP contribution in [0.15, 0.2) is 16.7 Å². The Morgan fingerprint density at radius 1 is 1.41 bits per heavy atom. The molecule has 0 aliphatic rings. The van der Waals surface area contributed by atoms with Crippen molar-refractivity contribution in [2.24, 2.45) is 5.73 Å². The van der Waals surface area contributed by atoms with Crippen LogP contribution in [-0.2, 0) is 0 Å². The van der Waals surface area contributed by atoms with E-state index in [1.807, 2.05) is 0 Å². The van der Waals surface area contributed by atoms with E-state index in [9.17, 15) is 25.1 Å². The molecule has 0 atom stereocenters. The summed E-state index contributed by atoms with van der Waals surface area (Å²) in [6.45, 7) is -0.00549. The van der Waals surface area contributed by atoms with E-state index in [1.54, 1.807) is 0 Å². The zero-order valence-electron chi connectivity index (χ0n) is 10.9. The summed E-state index contributed by atoms with van der Waals surface area (Å²) in [4.78, 5) is 22.1. The van der Waals surface area contributed by atoms with Crippen molar-refractivity contribution in [2.45, 2.75) is 6.42 Å². The predicted molar refractivity (Wildman–Crippen MR) is 74.9 cm³/mol. The number of nitrogens with zero attached hydrogens (tertiary/aromatic N) is 2. The number of nitro groups is 1. The normalized spacial score (nSPS) is 10.6. The number of ketones is 1. The van der Waals surface area contributed by atoms with E-state index in [0.29, 0.717) is 0 Å². The van der Waals surface area contributed by atoms with Crippen LogP contribution in [0.1, 0.15) is 16.9 Å². The average molecular weight is 328 g/mol. The molecule has 1 heterocycles. The van der Waals surface area contributed by atoms with Crippen molar-refractivity contribution >= 4 is 23.1 Å². The molecule has 0 saturated carbocycles. The van der Waals surface area contributed by atoms with Crippen LogP contribution in [0.5, 0.6) is 11.5 Å². The first-order chi connectivity index (χ1) is 10.4. The average Bonchev–Trinajstić information content (AvgIpc) is 2.88. The largest absolute Gasteiger partial charge is 0.507 e. The Kier molecular flexibility index (Phi) is 4.29. The first kappa shape index (κ1) is 15.7. The monoisotopic (exact) mass is 327 g/mol. The number of nitrogens with two attached hydrogens (primary N) is 1. The molecular formula is C12H10ClN3O6. The van der Waals surface area contributed by atoms with Crippen LogP contribution in [-0.4, -0.2) is 32.6 Å². The third-order valence-corrected chi connectivity index (χ3v) is 3.10. The van der Waals surface area contributed by atoms with Gasteiger partial charge in [0, 0.05) is 12.5 Å². The van der Waals surface area contributed by atoms with Gasteiger partial charge < -0.3 is 20.5 Å². The number of carbonyl (C=O) groups excluding carboxylic acids is 1. The van der Waals surface area contributed by atoms with Gasteiger partial charge in [0.15, 0.2) is 5.78 Å². The van der Waals surface area contributed by atoms with Gasteiger partial charge in [-0.1, -0.05) is 16.8 Å². The second-order valence-corrected chi connectivity index (χ2v) is 4.66. The van der Waals surface area contributed by atoms with Gasteiger partial charge in [0.05, 0.1) is 15.5 Å². The molecule has 0 aliphatic carbocycles. The van der Waals surface area contributed by atoms with Crippen LogP contribution in [0.2, 0.25) is 5.02 Å². The van der Waals surface area contributed by atoms with Crippen LogP contribution < -0.4 is 5.73 Å². The molecule has 0 radical (unpaired) electrons. The number of rotatable bonds is 5. The number of hydrogen-bond donors (Lipinski definition) is 3. The van der Waals surface area contributed by atoms with Crippen LogP contribution >= 0.6 is 11.6 Å².